The lowest BCUT2D eigenvalue weighted by atomic mass is 9.90. The summed E-state index contributed by atoms with van der Waals surface area (Å²) < 4.78 is 58.9. The fraction of sp³-hybridized carbons (Fsp3) is 0.533. The average molecular weight is 376 g/mol. The second-order valence-electron chi connectivity index (χ2n) is 6.22. The molecule has 0 atom stereocenters. The number of carbonyl (C=O) groups is 1. The van der Waals surface area contributed by atoms with Crippen LogP contribution >= 0.6 is 0 Å². The Morgan fingerprint density at radius 1 is 1.16 bits per heavy atom. The van der Waals surface area contributed by atoms with Crippen LogP contribution in [-0.2, 0) is 14.8 Å². The second kappa shape index (κ2) is 6.50. The number of carboxylic acid groups (broad SMARTS) is 1. The van der Waals surface area contributed by atoms with Crippen LogP contribution in [0.15, 0.2) is 23.1 Å². The topological polar surface area (TPSA) is 87.2 Å². The standard InChI is InChI=1S/C15H18F2N2O5S/c16-12-2-1-11(9-13(12)17)25(22,23)19-7-8-24-15(10-19)3-5-18(6-4-15)14(20)21/h1-2,9H,3-8,10H2,(H,20,21). The third-order valence-electron chi connectivity index (χ3n) is 4.69. The molecule has 3 rings (SSSR count). The second-order valence-corrected chi connectivity index (χ2v) is 8.15. The molecular formula is C15H18F2N2O5S. The molecule has 0 bridgehead atoms. The van der Waals surface area contributed by atoms with Gasteiger partial charge in [0.15, 0.2) is 11.6 Å². The maximum Gasteiger partial charge on any atom is 0.407 e. The van der Waals surface area contributed by atoms with E-state index in [2.05, 4.69) is 0 Å². The first-order valence-electron chi connectivity index (χ1n) is 7.81. The van der Waals surface area contributed by atoms with E-state index in [-0.39, 0.29) is 37.7 Å². The van der Waals surface area contributed by atoms with Crippen LogP contribution in [-0.4, -0.2) is 67.2 Å². The molecular weight excluding hydrogens is 358 g/mol. The molecule has 138 valence electrons. The molecule has 2 heterocycles. The number of sulfonamides is 1. The lowest BCUT2D eigenvalue weighted by molar-refractivity contribution is -0.116. The highest BCUT2D eigenvalue weighted by Crippen LogP contribution is 2.32. The lowest BCUT2D eigenvalue weighted by Gasteiger charge is -2.46. The molecule has 1 amide bonds. The third-order valence-corrected chi connectivity index (χ3v) is 6.53. The molecule has 2 fully saturated rings. The van der Waals surface area contributed by atoms with Crippen LogP contribution < -0.4 is 0 Å². The van der Waals surface area contributed by atoms with Crippen molar-refractivity contribution >= 4 is 16.1 Å². The molecule has 0 aromatic heterocycles. The van der Waals surface area contributed by atoms with Crippen molar-refractivity contribution in [3.05, 3.63) is 29.8 Å². The van der Waals surface area contributed by atoms with Gasteiger partial charge >= 0.3 is 6.09 Å². The number of halogens is 2. The maximum atomic E-state index is 13.4. The van der Waals surface area contributed by atoms with Crippen molar-refractivity contribution in [2.45, 2.75) is 23.3 Å². The highest BCUT2D eigenvalue weighted by Gasteiger charge is 2.44. The largest absolute Gasteiger partial charge is 0.465 e. The molecule has 7 nitrogen and oxygen atoms in total. The monoisotopic (exact) mass is 376 g/mol. The van der Waals surface area contributed by atoms with E-state index in [4.69, 9.17) is 9.84 Å². The van der Waals surface area contributed by atoms with Crippen molar-refractivity contribution < 1.29 is 31.8 Å². The zero-order valence-corrected chi connectivity index (χ0v) is 14.1. The first-order valence-corrected chi connectivity index (χ1v) is 9.25. The first-order chi connectivity index (χ1) is 11.7. The Balaban J connectivity index is 1.79. The van der Waals surface area contributed by atoms with Crippen LogP contribution in [0.1, 0.15) is 12.8 Å². The number of nitrogens with zero attached hydrogens (tertiary/aromatic N) is 2. The molecule has 1 N–H and O–H groups in total. The maximum absolute atomic E-state index is 13.4. The Labute approximate surface area is 143 Å². The van der Waals surface area contributed by atoms with Gasteiger partial charge in [-0.25, -0.2) is 22.0 Å². The minimum atomic E-state index is -3.99. The predicted molar refractivity (Wildman–Crippen MR) is 82.6 cm³/mol. The van der Waals surface area contributed by atoms with Gasteiger partial charge in [0.2, 0.25) is 10.0 Å². The summed E-state index contributed by atoms with van der Waals surface area (Å²) in [4.78, 5) is 12.0. The summed E-state index contributed by atoms with van der Waals surface area (Å²) >= 11 is 0. The first kappa shape index (κ1) is 18.0. The van der Waals surface area contributed by atoms with Crippen molar-refractivity contribution in [1.82, 2.24) is 9.21 Å². The molecule has 1 aromatic carbocycles. The molecule has 10 heteroatoms. The number of morpholine rings is 1. The summed E-state index contributed by atoms with van der Waals surface area (Å²) in [5.74, 6) is -2.34. The Hall–Kier alpha value is -1.78. The van der Waals surface area contributed by atoms with Gasteiger partial charge in [-0.2, -0.15) is 4.31 Å². The highest BCUT2D eigenvalue weighted by molar-refractivity contribution is 7.89. The van der Waals surface area contributed by atoms with Crippen LogP contribution in [0.2, 0.25) is 0 Å². The highest BCUT2D eigenvalue weighted by atomic mass is 32.2. The zero-order valence-electron chi connectivity index (χ0n) is 13.3. The van der Waals surface area contributed by atoms with E-state index in [1.165, 1.54) is 9.21 Å². The summed E-state index contributed by atoms with van der Waals surface area (Å²) in [6.07, 6.45) is -0.261. The summed E-state index contributed by atoms with van der Waals surface area (Å²) in [5, 5.41) is 9.02. The number of piperidine rings is 1. The van der Waals surface area contributed by atoms with Gasteiger partial charge < -0.3 is 14.7 Å². The molecule has 0 aliphatic carbocycles. The van der Waals surface area contributed by atoms with Gasteiger partial charge in [-0.3, -0.25) is 0 Å². The quantitative estimate of drug-likeness (QED) is 0.845. The minimum absolute atomic E-state index is 0.0573. The molecule has 0 radical (unpaired) electrons. The average Bonchev–Trinajstić information content (AvgIpc) is 2.57. The number of hydrogen-bond acceptors (Lipinski definition) is 4. The Morgan fingerprint density at radius 3 is 2.44 bits per heavy atom. The van der Waals surface area contributed by atoms with Gasteiger partial charge in [-0.15, -0.1) is 0 Å². The van der Waals surface area contributed by atoms with Crippen LogP contribution in [0.5, 0.6) is 0 Å². The normalized spacial score (nSPS) is 21.4. The van der Waals surface area contributed by atoms with Crippen LogP contribution in [0.3, 0.4) is 0 Å². The summed E-state index contributed by atoms with van der Waals surface area (Å²) in [6.45, 7) is 0.840. The Bertz CT molecular complexity index is 778. The van der Waals surface area contributed by atoms with E-state index in [1.54, 1.807) is 0 Å². The third kappa shape index (κ3) is 3.46. The van der Waals surface area contributed by atoms with E-state index < -0.39 is 33.4 Å². The zero-order chi connectivity index (χ0) is 18.2. The Kier molecular flexibility index (Phi) is 4.69. The molecule has 2 aliphatic rings. The molecule has 0 saturated carbocycles. The van der Waals surface area contributed by atoms with E-state index in [0.29, 0.717) is 18.9 Å². The van der Waals surface area contributed by atoms with Crippen molar-refractivity contribution in [2.24, 2.45) is 0 Å². The molecule has 2 aliphatic heterocycles. The van der Waals surface area contributed by atoms with Gasteiger partial charge in [0.1, 0.15) is 0 Å². The number of hydrogen-bond donors (Lipinski definition) is 1. The van der Waals surface area contributed by atoms with Gasteiger partial charge in [0.05, 0.1) is 17.1 Å². The molecule has 25 heavy (non-hydrogen) atoms. The molecule has 1 aromatic rings. The van der Waals surface area contributed by atoms with Gasteiger partial charge in [0.25, 0.3) is 0 Å². The van der Waals surface area contributed by atoms with Gasteiger partial charge in [-0.05, 0) is 31.0 Å². The Morgan fingerprint density at radius 2 is 1.84 bits per heavy atom. The fourth-order valence-corrected chi connectivity index (χ4v) is 4.72. The van der Waals surface area contributed by atoms with E-state index >= 15 is 0 Å². The predicted octanol–water partition coefficient (Wildman–Crippen LogP) is 1.50. The van der Waals surface area contributed by atoms with E-state index in [9.17, 15) is 22.0 Å². The minimum Gasteiger partial charge on any atom is -0.465 e. The number of amides is 1. The summed E-state index contributed by atoms with van der Waals surface area (Å²) in [6, 6.07) is 2.48. The van der Waals surface area contributed by atoms with Crippen molar-refractivity contribution in [1.29, 1.82) is 0 Å². The van der Waals surface area contributed by atoms with Crippen molar-refractivity contribution in [2.75, 3.05) is 32.8 Å². The summed E-state index contributed by atoms with van der Waals surface area (Å²) in [7, 11) is -3.99. The van der Waals surface area contributed by atoms with Crippen LogP contribution in [0, 0.1) is 11.6 Å². The lowest BCUT2D eigenvalue weighted by Crippen LogP contribution is -2.58. The van der Waals surface area contributed by atoms with Crippen molar-refractivity contribution in [3.63, 3.8) is 0 Å². The molecule has 1 spiro atoms. The van der Waals surface area contributed by atoms with Crippen LogP contribution in [0.25, 0.3) is 0 Å². The fourth-order valence-electron chi connectivity index (χ4n) is 3.21. The van der Waals surface area contributed by atoms with Gasteiger partial charge in [0, 0.05) is 26.2 Å². The number of likely N-dealkylation sites (tertiary alicyclic amines) is 1. The van der Waals surface area contributed by atoms with Crippen molar-refractivity contribution in [3.8, 4) is 0 Å². The molecule has 0 unspecified atom stereocenters. The van der Waals surface area contributed by atoms with E-state index in [0.717, 1.165) is 12.1 Å². The van der Waals surface area contributed by atoms with Crippen LogP contribution in [0.4, 0.5) is 13.6 Å². The van der Waals surface area contributed by atoms with Gasteiger partial charge in [-0.1, -0.05) is 0 Å². The summed E-state index contributed by atoms with van der Waals surface area (Å²) in [5.41, 5.74) is -0.754. The number of benzene rings is 1. The van der Waals surface area contributed by atoms with E-state index in [1.807, 2.05) is 0 Å². The SMILES string of the molecule is O=C(O)N1CCC2(CC1)CN(S(=O)(=O)c1ccc(F)c(F)c1)CCO2. The molecule has 2 saturated heterocycles. The smallest absolute Gasteiger partial charge is 0.407 e. The number of ether oxygens (including phenoxy) is 1. The number of rotatable bonds is 2.